The Bertz CT molecular complexity index is 724. The van der Waals surface area contributed by atoms with Crippen LogP contribution in [0.25, 0.3) is 0 Å². The van der Waals surface area contributed by atoms with Gasteiger partial charge in [0.05, 0.1) is 11.3 Å². The number of nitrogen functional groups attached to an aromatic ring is 1. The van der Waals surface area contributed by atoms with E-state index in [9.17, 15) is 18.5 Å². The van der Waals surface area contributed by atoms with Crippen molar-refractivity contribution in [3.63, 3.8) is 0 Å². The van der Waals surface area contributed by atoms with Gasteiger partial charge in [0.2, 0.25) is 10.0 Å². The van der Waals surface area contributed by atoms with Crippen LogP contribution in [0.2, 0.25) is 0 Å². The summed E-state index contributed by atoms with van der Waals surface area (Å²) in [5.74, 6) is 5.14. The number of nitrogens with zero attached hydrogens (tertiary/aromatic N) is 3. The number of thiophene rings is 1. The molecule has 10 nitrogen and oxygen atoms in total. The fourth-order valence-electron chi connectivity index (χ4n) is 1.53. The van der Waals surface area contributed by atoms with Gasteiger partial charge in [0.1, 0.15) is 4.21 Å². The number of hydrazine groups is 1. The molecular weight excluding hydrogens is 320 g/mol. The van der Waals surface area contributed by atoms with Gasteiger partial charge in [-0.05, 0) is 0 Å². The molecule has 0 saturated carbocycles. The lowest BCUT2D eigenvalue weighted by atomic mass is 10.5. The van der Waals surface area contributed by atoms with Crippen LogP contribution in [0.3, 0.4) is 0 Å². The van der Waals surface area contributed by atoms with Gasteiger partial charge in [-0.2, -0.15) is 0 Å². The Morgan fingerprint density at radius 1 is 1.52 bits per heavy atom. The zero-order valence-electron chi connectivity index (χ0n) is 10.6. The minimum Gasteiger partial charge on any atom is -0.336 e. The Kier molecular flexibility index (Phi) is 4.52. The molecule has 0 atom stereocenters. The van der Waals surface area contributed by atoms with Crippen LogP contribution in [0, 0.1) is 10.1 Å². The molecule has 0 aliphatic carbocycles. The van der Waals surface area contributed by atoms with Gasteiger partial charge in [-0.3, -0.25) is 10.1 Å². The van der Waals surface area contributed by atoms with Gasteiger partial charge in [-0.15, -0.1) is 0 Å². The highest BCUT2D eigenvalue weighted by atomic mass is 32.2. The lowest BCUT2D eigenvalue weighted by Crippen LogP contribution is -2.26. The van der Waals surface area contributed by atoms with E-state index in [0.717, 1.165) is 6.07 Å². The first kappa shape index (κ1) is 15.4. The zero-order chi connectivity index (χ0) is 15.5. The summed E-state index contributed by atoms with van der Waals surface area (Å²) >= 11 is 0.695. The minimum atomic E-state index is -3.82. The molecule has 0 fully saturated rings. The number of nitro groups is 1. The third kappa shape index (κ3) is 3.55. The van der Waals surface area contributed by atoms with E-state index in [0.29, 0.717) is 17.9 Å². The number of nitrogens with two attached hydrogens (primary N) is 1. The molecule has 0 spiro atoms. The molecule has 0 unspecified atom stereocenters. The minimum absolute atomic E-state index is 0.0185. The van der Waals surface area contributed by atoms with E-state index in [-0.39, 0.29) is 21.4 Å². The largest absolute Gasteiger partial charge is 0.336 e. The molecule has 12 heteroatoms. The first-order valence-corrected chi connectivity index (χ1v) is 7.94. The average molecular weight is 332 g/mol. The number of nitrogens with one attached hydrogen (secondary N) is 2. The summed E-state index contributed by atoms with van der Waals surface area (Å²) in [6.45, 7) is 0.532. The van der Waals surface area contributed by atoms with Crippen LogP contribution in [0.5, 0.6) is 0 Å². The molecule has 0 bridgehead atoms. The molecular formula is C9H12N6O4S2. The molecule has 0 aromatic carbocycles. The number of imidazole rings is 1. The molecule has 2 heterocycles. The van der Waals surface area contributed by atoms with Crippen molar-refractivity contribution in [1.29, 1.82) is 0 Å². The Labute approximate surface area is 123 Å². The molecule has 2 aromatic rings. The van der Waals surface area contributed by atoms with Crippen molar-refractivity contribution >= 4 is 32.0 Å². The van der Waals surface area contributed by atoms with Gasteiger partial charge in [-0.1, -0.05) is 11.3 Å². The van der Waals surface area contributed by atoms with E-state index < -0.39 is 14.9 Å². The Balaban J connectivity index is 2.10. The van der Waals surface area contributed by atoms with E-state index in [4.69, 9.17) is 5.84 Å². The second-order valence-electron chi connectivity index (χ2n) is 3.88. The monoisotopic (exact) mass is 332 g/mol. The zero-order valence-corrected chi connectivity index (χ0v) is 12.2. The van der Waals surface area contributed by atoms with Crippen molar-refractivity contribution in [2.45, 2.75) is 10.8 Å². The van der Waals surface area contributed by atoms with E-state index in [1.165, 1.54) is 0 Å². The van der Waals surface area contributed by atoms with Crippen LogP contribution in [0.4, 0.5) is 10.7 Å². The summed E-state index contributed by atoms with van der Waals surface area (Å²) in [4.78, 5) is 13.9. The maximum atomic E-state index is 12.0. The number of rotatable bonds is 7. The van der Waals surface area contributed by atoms with Crippen LogP contribution in [0.15, 0.2) is 29.0 Å². The van der Waals surface area contributed by atoms with E-state index in [1.54, 1.807) is 23.3 Å². The van der Waals surface area contributed by atoms with Gasteiger partial charge < -0.3 is 9.99 Å². The van der Waals surface area contributed by atoms with Crippen LogP contribution < -0.4 is 16.0 Å². The first-order chi connectivity index (χ1) is 9.94. The molecule has 21 heavy (non-hydrogen) atoms. The summed E-state index contributed by atoms with van der Waals surface area (Å²) < 4.78 is 28.0. The van der Waals surface area contributed by atoms with E-state index in [2.05, 4.69) is 15.1 Å². The lowest BCUT2D eigenvalue weighted by Gasteiger charge is -2.04. The molecule has 0 aliphatic rings. The van der Waals surface area contributed by atoms with Gasteiger partial charge >= 0.3 is 5.69 Å². The summed E-state index contributed by atoms with van der Waals surface area (Å²) in [7, 11) is -3.82. The summed E-state index contributed by atoms with van der Waals surface area (Å²) in [6, 6.07) is 0.972. The summed E-state index contributed by atoms with van der Waals surface area (Å²) in [5.41, 5.74) is 1.74. The van der Waals surface area contributed by atoms with Crippen LogP contribution in [-0.4, -0.2) is 29.4 Å². The summed E-state index contributed by atoms with van der Waals surface area (Å²) in [6.07, 6.45) is 4.83. The van der Waals surface area contributed by atoms with Crippen LogP contribution >= 0.6 is 11.3 Å². The van der Waals surface area contributed by atoms with Crippen LogP contribution in [-0.2, 0) is 16.6 Å². The average Bonchev–Trinajstić information content (AvgIpc) is 3.07. The predicted octanol–water partition coefficient (Wildman–Crippen LogP) is 0.117. The van der Waals surface area contributed by atoms with Gasteiger partial charge in [0, 0.05) is 31.5 Å². The highest BCUT2D eigenvalue weighted by Crippen LogP contribution is 2.36. The Morgan fingerprint density at radius 2 is 2.29 bits per heavy atom. The quantitative estimate of drug-likeness (QED) is 0.371. The van der Waals surface area contributed by atoms with E-state index in [1.807, 2.05) is 0 Å². The third-order valence-corrected chi connectivity index (χ3v) is 5.49. The second-order valence-corrected chi connectivity index (χ2v) is 6.93. The Morgan fingerprint density at radius 3 is 2.81 bits per heavy atom. The first-order valence-electron chi connectivity index (χ1n) is 5.64. The lowest BCUT2D eigenvalue weighted by molar-refractivity contribution is -0.383. The van der Waals surface area contributed by atoms with Gasteiger partial charge in [0.25, 0.3) is 0 Å². The number of aromatic nitrogens is 2. The predicted molar refractivity (Wildman–Crippen MR) is 76.2 cm³/mol. The second kappa shape index (κ2) is 6.17. The molecule has 0 saturated heterocycles. The number of sulfonamides is 1. The molecule has 0 aliphatic heterocycles. The molecule has 0 amide bonds. The van der Waals surface area contributed by atoms with Crippen LogP contribution in [0.1, 0.15) is 0 Å². The molecule has 2 rings (SSSR count). The number of hydrogen-bond acceptors (Lipinski definition) is 8. The third-order valence-electron chi connectivity index (χ3n) is 2.50. The van der Waals surface area contributed by atoms with Crippen molar-refractivity contribution in [1.82, 2.24) is 14.3 Å². The van der Waals surface area contributed by atoms with Crippen molar-refractivity contribution in [2.24, 2.45) is 5.84 Å². The standard InChI is InChI=1S/C9H12N6O4S2/c10-13-9-7(15(16)17)5-8(20-9)21(18,19)12-2-4-14-3-1-11-6-14/h1,3,5-6,12-13H,2,4,10H2. The van der Waals surface area contributed by atoms with Crippen molar-refractivity contribution in [3.8, 4) is 0 Å². The molecule has 114 valence electrons. The van der Waals surface area contributed by atoms with Crippen molar-refractivity contribution in [3.05, 3.63) is 34.9 Å². The fraction of sp³-hybridized carbons (Fsp3) is 0.222. The number of anilines is 1. The maximum Gasteiger partial charge on any atom is 0.306 e. The smallest absolute Gasteiger partial charge is 0.306 e. The SMILES string of the molecule is NNc1sc(S(=O)(=O)NCCn2ccnc2)cc1[N+](=O)[O-]. The number of hydrogen-bond donors (Lipinski definition) is 3. The normalized spacial score (nSPS) is 11.5. The molecule has 4 N–H and O–H groups in total. The highest BCUT2D eigenvalue weighted by Gasteiger charge is 2.25. The molecule has 0 radical (unpaired) electrons. The van der Waals surface area contributed by atoms with Gasteiger partial charge in [-0.25, -0.2) is 24.0 Å². The highest BCUT2D eigenvalue weighted by molar-refractivity contribution is 7.91. The molecule has 2 aromatic heterocycles. The fourth-order valence-corrected chi connectivity index (χ4v) is 3.83. The van der Waals surface area contributed by atoms with Gasteiger partial charge in [0.15, 0.2) is 5.00 Å². The topological polar surface area (TPSA) is 145 Å². The van der Waals surface area contributed by atoms with E-state index >= 15 is 0 Å². The van der Waals surface area contributed by atoms with Crippen molar-refractivity contribution < 1.29 is 13.3 Å². The summed E-state index contributed by atoms with van der Waals surface area (Å²) in [5, 5.41) is 10.8. The maximum absolute atomic E-state index is 12.0. The Hall–Kier alpha value is -2.02. The van der Waals surface area contributed by atoms with Crippen molar-refractivity contribution in [2.75, 3.05) is 12.0 Å².